The zero-order chi connectivity index (χ0) is 18.4. The monoisotopic (exact) mass is 398 g/mol. The molecule has 0 aliphatic carbocycles. The van der Waals surface area contributed by atoms with Crippen LogP contribution in [0.2, 0.25) is 0 Å². The van der Waals surface area contributed by atoms with E-state index in [1.807, 2.05) is 18.2 Å². The predicted molar refractivity (Wildman–Crippen MR) is 99.0 cm³/mol. The van der Waals surface area contributed by atoms with Crippen LogP contribution < -0.4 is 0 Å². The lowest BCUT2D eigenvalue weighted by molar-refractivity contribution is -0.134. The second-order valence-electron chi connectivity index (χ2n) is 4.85. The van der Waals surface area contributed by atoms with E-state index in [1.165, 1.54) is 23.5 Å². The van der Waals surface area contributed by atoms with Crippen LogP contribution in [0.25, 0.3) is 10.8 Å². The first kappa shape index (κ1) is 19.5. The molecule has 0 aliphatic rings. The Hall–Kier alpha value is -1.84. The molecule has 2 rings (SSSR count). The lowest BCUT2D eigenvalue weighted by Gasteiger charge is -2.10. The zero-order valence-electron chi connectivity index (χ0n) is 12.8. The highest BCUT2D eigenvalue weighted by atomic mass is 32.2. The molecule has 3 N–H and O–H groups in total. The first-order valence-electron chi connectivity index (χ1n) is 6.96. The van der Waals surface area contributed by atoms with Gasteiger partial charge in [0.2, 0.25) is 0 Å². The molecule has 6 nitrogen and oxygen atoms in total. The molecule has 0 unspecified atom stereocenters. The summed E-state index contributed by atoms with van der Waals surface area (Å²) in [6.07, 6.45) is 0. The number of fused-ring (bicyclic) bond motifs is 1. The van der Waals surface area contributed by atoms with Crippen molar-refractivity contribution in [3.63, 3.8) is 0 Å². The quantitative estimate of drug-likeness (QED) is 0.547. The van der Waals surface area contributed by atoms with Gasteiger partial charge in [0.25, 0.3) is 0 Å². The van der Waals surface area contributed by atoms with Crippen molar-refractivity contribution in [1.82, 2.24) is 0 Å². The minimum atomic E-state index is -0.935. The second kappa shape index (κ2) is 9.02. The summed E-state index contributed by atoms with van der Waals surface area (Å²) >= 11 is 3.51. The summed E-state index contributed by atoms with van der Waals surface area (Å²) in [7, 11) is 0. The largest absolute Gasteiger partial charge is 0.481 e. The van der Waals surface area contributed by atoms with Crippen molar-refractivity contribution in [1.29, 1.82) is 0 Å². The highest BCUT2D eigenvalue weighted by Gasteiger charge is 2.10. The van der Waals surface area contributed by atoms with E-state index in [0.29, 0.717) is 0 Å². The summed E-state index contributed by atoms with van der Waals surface area (Å²) in [5.41, 5.74) is 0. The van der Waals surface area contributed by atoms with E-state index in [0.717, 1.165) is 37.2 Å². The molecule has 2 aromatic carbocycles. The van der Waals surface area contributed by atoms with Gasteiger partial charge in [-0.3, -0.25) is 14.4 Å². The molecule has 0 amide bonds. The molecule has 132 valence electrons. The smallest absolute Gasteiger partial charge is 0.313 e. The molecule has 0 saturated heterocycles. The maximum Gasteiger partial charge on any atom is 0.313 e. The third-order valence-corrected chi connectivity index (χ3v) is 5.91. The van der Waals surface area contributed by atoms with Gasteiger partial charge in [-0.1, -0.05) is 6.07 Å². The highest BCUT2D eigenvalue weighted by Crippen LogP contribution is 2.35. The summed E-state index contributed by atoms with van der Waals surface area (Å²) in [5, 5.41) is 28.2. The number of thioether (sulfide) groups is 3. The van der Waals surface area contributed by atoms with Gasteiger partial charge >= 0.3 is 17.9 Å². The number of carbonyl (C=O) groups is 3. The van der Waals surface area contributed by atoms with E-state index in [2.05, 4.69) is 0 Å². The summed E-state index contributed by atoms with van der Waals surface area (Å²) in [6.45, 7) is 0. The van der Waals surface area contributed by atoms with Crippen LogP contribution in [0, 0.1) is 0 Å². The molecule has 0 fully saturated rings. The molecule has 9 heteroatoms. The van der Waals surface area contributed by atoms with Gasteiger partial charge in [0.05, 0.1) is 17.3 Å². The summed E-state index contributed by atoms with van der Waals surface area (Å²) < 4.78 is 0. The van der Waals surface area contributed by atoms with Gasteiger partial charge in [0.1, 0.15) is 0 Å². The van der Waals surface area contributed by atoms with Crippen molar-refractivity contribution >= 4 is 64.0 Å². The van der Waals surface area contributed by atoms with Crippen LogP contribution in [0.1, 0.15) is 0 Å². The second-order valence-corrected chi connectivity index (χ2v) is 7.97. The van der Waals surface area contributed by atoms with Crippen LogP contribution in [-0.4, -0.2) is 50.5 Å². The fraction of sp³-hybridized carbons (Fsp3) is 0.188. The first-order valence-corrected chi connectivity index (χ1v) is 9.92. The molecule has 0 aliphatic heterocycles. The predicted octanol–water partition coefficient (Wildman–Crippen LogP) is 3.37. The molecule has 0 saturated carbocycles. The Kier molecular flexibility index (Phi) is 7.03. The Morgan fingerprint density at radius 1 is 0.720 bits per heavy atom. The lowest BCUT2D eigenvalue weighted by atomic mass is 10.1. The third-order valence-electron chi connectivity index (χ3n) is 2.94. The molecule has 0 spiro atoms. The van der Waals surface area contributed by atoms with Gasteiger partial charge in [0, 0.05) is 14.7 Å². The summed E-state index contributed by atoms with van der Waals surface area (Å²) in [6, 6.07) is 9.07. The third kappa shape index (κ3) is 6.18. The van der Waals surface area contributed by atoms with Crippen LogP contribution in [0.15, 0.2) is 45.0 Å². The van der Waals surface area contributed by atoms with E-state index < -0.39 is 17.9 Å². The minimum Gasteiger partial charge on any atom is -0.481 e. The molecule has 0 aromatic heterocycles. The van der Waals surface area contributed by atoms with Crippen molar-refractivity contribution in [3.8, 4) is 0 Å². The van der Waals surface area contributed by atoms with Crippen molar-refractivity contribution in [2.24, 2.45) is 0 Å². The fourth-order valence-corrected chi connectivity index (χ4v) is 4.28. The van der Waals surface area contributed by atoms with Crippen molar-refractivity contribution in [2.45, 2.75) is 14.7 Å². The highest BCUT2D eigenvalue weighted by molar-refractivity contribution is 8.01. The van der Waals surface area contributed by atoms with E-state index >= 15 is 0 Å². The van der Waals surface area contributed by atoms with Crippen molar-refractivity contribution < 1.29 is 29.7 Å². The number of hydrogen-bond acceptors (Lipinski definition) is 6. The fourth-order valence-electron chi connectivity index (χ4n) is 2.01. The number of carboxylic acids is 3. The first-order chi connectivity index (χ1) is 11.8. The van der Waals surface area contributed by atoms with Crippen molar-refractivity contribution in [2.75, 3.05) is 17.3 Å². The number of rotatable bonds is 9. The van der Waals surface area contributed by atoms with Gasteiger partial charge in [-0.2, -0.15) is 0 Å². The molecular weight excluding hydrogens is 384 g/mol. The van der Waals surface area contributed by atoms with Gasteiger partial charge in [-0.15, -0.1) is 35.3 Å². The maximum absolute atomic E-state index is 10.8. The van der Waals surface area contributed by atoms with E-state index in [1.54, 1.807) is 12.1 Å². The topological polar surface area (TPSA) is 112 Å². The zero-order valence-corrected chi connectivity index (χ0v) is 15.2. The molecule has 0 radical (unpaired) electrons. The molecule has 25 heavy (non-hydrogen) atoms. The maximum atomic E-state index is 10.8. The molecule has 0 heterocycles. The number of aliphatic carboxylic acids is 3. The van der Waals surface area contributed by atoms with E-state index in [4.69, 9.17) is 15.3 Å². The lowest BCUT2D eigenvalue weighted by Crippen LogP contribution is -1.99. The van der Waals surface area contributed by atoms with Crippen LogP contribution in [-0.2, 0) is 14.4 Å². The van der Waals surface area contributed by atoms with Gasteiger partial charge < -0.3 is 15.3 Å². The summed E-state index contributed by atoms with van der Waals surface area (Å²) in [5.74, 6) is -3.03. The van der Waals surface area contributed by atoms with Gasteiger partial charge in [0.15, 0.2) is 0 Å². The number of benzene rings is 2. The summed E-state index contributed by atoms with van der Waals surface area (Å²) in [4.78, 5) is 34.6. The average Bonchev–Trinajstić information content (AvgIpc) is 2.55. The number of carboxylic acid groups (broad SMARTS) is 3. The van der Waals surface area contributed by atoms with E-state index in [9.17, 15) is 14.4 Å². The standard InChI is InChI=1S/C16H14O6S3/c17-14(18)6-23-10-1-2-12-9(3-10)4-11(24-7-15(19)20)5-13(12)25-8-16(21)22/h1-5H,6-8H2,(H,17,18)(H,19,20)(H,21,22). The molecule has 0 bridgehead atoms. The molecular formula is C16H14O6S3. The normalized spacial score (nSPS) is 10.7. The minimum absolute atomic E-state index is 0.0560. The van der Waals surface area contributed by atoms with Crippen LogP contribution in [0.4, 0.5) is 0 Å². The Morgan fingerprint density at radius 3 is 1.84 bits per heavy atom. The molecule has 0 atom stereocenters. The van der Waals surface area contributed by atoms with Crippen molar-refractivity contribution in [3.05, 3.63) is 30.3 Å². The Balaban J connectivity index is 2.38. The van der Waals surface area contributed by atoms with Crippen LogP contribution in [0.5, 0.6) is 0 Å². The Labute approximate surface area is 156 Å². The molecule has 2 aromatic rings. The van der Waals surface area contributed by atoms with Gasteiger partial charge in [-0.25, -0.2) is 0 Å². The number of hydrogen-bond donors (Lipinski definition) is 3. The van der Waals surface area contributed by atoms with Crippen LogP contribution >= 0.6 is 35.3 Å². The van der Waals surface area contributed by atoms with E-state index in [-0.39, 0.29) is 17.3 Å². The Morgan fingerprint density at radius 2 is 1.24 bits per heavy atom. The Bertz CT molecular complexity index is 816. The average molecular weight is 398 g/mol. The van der Waals surface area contributed by atoms with Crippen LogP contribution in [0.3, 0.4) is 0 Å². The SMILES string of the molecule is O=C(O)CSc1ccc2c(SCC(=O)O)cc(SCC(=O)O)cc2c1. The van der Waals surface area contributed by atoms with Gasteiger partial charge in [-0.05, 0) is 35.0 Å².